The molecule has 0 radical (unpaired) electrons. The molecule has 3 heterocycles. The number of carbonyl (C=O) groups is 1. The first-order valence-corrected chi connectivity index (χ1v) is 9.19. The van der Waals surface area contributed by atoms with Crippen LogP contribution in [-0.4, -0.2) is 22.7 Å². The summed E-state index contributed by atoms with van der Waals surface area (Å²) in [6, 6.07) is 2.13. The number of thioether (sulfide) groups is 1. The lowest BCUT2D eigenvalue weighted by atomic mass is 9.83. The van der Waals surface area contributed by atoms with Crippen LogP contribution in [0.25, 0.3) is 0 Å². The van der Waals surface area contributed by atoms with Gasteiger partial charge in [0.2, 0.25) is 0 Å². The molecule has 3 rings (SSSR count). The number of carbonyl (C=O) groups excluding carboxylic acids is 1. The van der Waals surface area contributed by atoms with Crippen LogP contribution in [0.4, 0.5) is 0 Å². The highest BCUT2D eigenvalue weighted by molar-refractivity contribution is 7.98. The molecule has 1 aromatic rings. The minimum absolute atomic E-state index is 0.0229. The van der Waals surface area contributed by atoms with Crippen LogP contribution in [0.3, 0.4) is 0 Å². The molecule has 1 fully saturated rings. The molecule has 0 bridgehead atoms. The van der Waals surface area contributed by atoms with Gasteiger partial charge < -0.3 is 4.74 Å². The van der Waals surface area contributed by atoms with E-state index in [-0.39, 0.29) is 22.9 Å². The molecule has 1 atom stereocenters. The van der Waals surface area contributed by atoms with Crippen molar-refractivity contribution in [3.05, 3.63) is 21.4 Å². The Hall–Kier alpha value is -0.320. The Kier molecular flexibility index (Phi) is 3.55. The monoisotopic (exact) mass is 310 g/mol. The highest BCUT2D eigenvalue weighted by atomic mass is 32.2. The number of Topliss-reactive ketones (excluding diaryl/α,β-unsaturated/α-hetero) is 1. The van der Waals surface area contributed by atoms with Crippen LogP contribution in [0.5, 0.6) is 0 Å². The number of hydrogen-bond donors (Lipinski definition) is 0. The lowest BCUT2D eigenvalue weighted by Gasteiger charge is -2.26. The second kappa shape index (κ2) is 4.85. The fourth-order valence-electron chi connectivity index (χ4n) is 3.41. The SMILES string of the molecule is CC1(C)CC(C(=O)c2cc3c(s2)CCSC3)C(C)(C)O1. The van der Waals surface area contributed by atoms with Crippen molar-refractivity contribution in [1.82, 2.24) is 0 Å². The van der Waals surface area contributed by atoms with Crippen molar-refractivity contribution in [3.63, 3.8) is 0 Å². The molecule has 0 aromatic carbocycles. The highest BCUT2D eigenvalue weighted by Crippen LogP contribution is 2.44. The summed E-state index contributed by atoms with van der Waals surface area (Å²) in [6.45, 7) is 8.26. The molecule has 110 valence electrons. The maximum Gasteiger partial charge on any atom is 0.178 e. The third kappa shape index (κ3) is 2.58. The number of hydrogen-bond acceptors (Lipinski definition) is 4. The minimum atomic E-state index is -0.361. The Balaban J connectivity index is 1.87. The van der Waals surface area contributed by atoms with Gasteiger partial charge in [-0.1, -0.05) is 0 Å². The molecule has 0 spiro atoms. The van der Waals surface area contributed by atoms with Crippen molar-refractivity contribution in [2.24, 2.45) is 5.92 Å². The van der Waals surface area contributed by atoms with Gasteiger partial charge in [-0.05, 0) is 57.9 Å². The van der Waals surface area contributed by atoms with Crippen molar-refractivity contribution in [1.29, 1.82) is 0 Å². The molecule has 0 aliphatic carbocycles. The van der Waals surface area contributed by atoms with E-state index in [4.69, 9.17) is 4.74 Å². The van der Waals surface area contributed by atoms with Crippen LogP contribution in [0, 0.1) is 5.92 Å². The molecule has 0 saturated carbocycles. The van der Waals surface area contributed by atoms with Gasteiger partial charge in [-0.25, -0.2) is 0 Å². The summed E-state index contributed by atoms with van der Waals surface area (Å²) in [5.74, 6) is 2.51. The van der Waals surface area contributed by atoms with Gasteiger partial charge in [0, 0.05) is 10.6 Å². The summed E-state index contributed by atoms with van der Waals surface area (Å²) >= 11 is 3.68. The number of fused-ring (bicyclic) bond motifs is 1. The highest BCUT2D eigenvalue weighted by Gasteiger charge is 2.49. The fraction of sp³-hybridized carbons (Fsp3) is 0.688. The second-order valence-electron chi connectivity index (χ2n) is 6.95. The Morgan fingerprint density at radius 1 is 1.35 bits per heavy atom. The smallest absolute Gasteiger partial charge is 0.178 e. The molecule has 20 heavy (non-hydrogen) atoms. The van der Waals surface area contributed by atoms with Crippen LogP contribution in [-0.2, 0) is 16.9 Å². The van der Waals surface area contributed by atoms with Crippen molar-refractivity contribution in [2.75, 3.05) is 5.75 Å². The maximum atomic E-state index is 12.9. The summed E-state index contributed by atoms with van der Waals surface area (Å²) in [5.41, 5.74) is 0.821. The van der Waals surface area contributed by atoms with E-state index in [0.717, 1.165) is 23.5 Å². The van der Waals surface area contributed by atoms with Gasteiger partial charge in [-0.2, -0.15) is 11.8 Å². The van der Waals surface area contributed by atoms with Crippen LogP contribution in [0.2, 0.25) is 0 Å². The van der Waals surface area contributed by atoms with Crippen molar-refractivity contribution in [2.45, 2.75) is 57.5 Å². The predicted octanol–water partition coefficient (Wildman–Crippen LogP) is 4.31. The molecular weight excluding hydrogens is 288 g/mol. The first kappa shape index (κ1) is 14.6. The zero-order chi connectivity index (χ0) is 14.5. The molecule has 1 aromatic heterocycles. The van der Waals surface area contributed by atoms with E-state index in [2.05, 4.69) is 19.9 Å². The summed E-state index contributed by atoms with van der Waals surface area (Å²) in [5, 5.41) is 0. The second-order valence-corrected chi connectivity index (χ2v) is 9.19. The van der Waals surface area contributed by atoms with E-state index in [1.807, 2.05) is 25.6 Å². The van der Waals surface area contributed by atoms with E-state index in [1.54, 1.807) is 11.3 Å². The maximum absolute atomic E-state index is 12.9. The molecular formula is C16H22O2S2. The number of ether oxygens (including phenoxy) is 1. The number of thiophene rings is 1. The summed E-state index contributed by atoms with van der Waals surface area (Å²) in [6.07, 6.45) is 1.93. The largest absolute Gasteiger partial charge is 0.369 e. The van der Waals surface area contributed by atoms with Crippen LogP contribution >= 0.6 is 23.1 Å². The van der Waals surface area contributed by atoms with Crippen molar-refractivity contribution >= 4 is 28.9 Å². The van der Waals surface area contributed by atoms with Crippen LogP contribution in [0.1, 0.15) is 54.2 Å². The van der Waals surface area contributed by atoms with Crippen LogP contribution in [0.15, 0.2) is 6.07 Å². The normalized spacial score (nSPS) is 27.3. The summed E-state index contributed by atoms with van der Waals surface area (Å²) < 4.78 is 6.07. The lowest BCUT2D eigenvalue weighted by molar-refractivity contribution is -0.0712. The van der Waals surface area contributed by atoms with Gasteiger partial charge >= 0.3 is 0 Å². The van der Waals surface area contributed by atoms with Gasteiger partial charge in [-0.15, -0.1) is 11.3 Å². The van der Waals surface area contributed by atoms with E-state index in [1.165, 1.54) is 16.2 Å². The number of rotatable bonds is 2. The Morgan fingerprint density at radius 2 is 2.10 bits per heavy atom. The zero-order valence-electron chi connectivity index (χ0n) is 12.6. The molecule has 0 N–H and O–H groups in total. The first-order chi connectivity index (χ1) is 9.28. The van der Waals surface area contributed by atoms with Gasteiger partial charge in [0.15, 0.2) is 5.78 Å². The Bertz CT molecular complexity index is 519. The Labute approximate surface area is 129 Å². The van der Waals surface area contributed by atoms with Crippen molar-refractivity contribution in [3.8, 4) is 0 Å². The van der Waals surface area contributed by atoms with E-state index in [9.17, 15) is 4.79 Å². The fourth-order valence-corrected chi connectivity index (χ4v) is 5.78. The van der Waals surface area contributed by atoms with E-state index < -0.39 is 0 Å². The number of aryl methyl sites for hydroxylation is 1. The van der Waals surface area contributed by atoms with Gasteiger partial charge in [0.05, 0.1) is 22.0 Å². The quantitative estimate of drug-likeness (QED) is 0.761. The third-order valence-electron chi connectivity index (χ3n) is 4.26. The topological polar surface area (TPSA) is 26.3 Å². The third-order valence-corrected chi connectivity index (χ3v) is 6.52. The molecule has 1 unspecified atom stereocenters. The standard InChI is InChI=1S/C16H22O2S2/c1-15(2)8-11(16(3,4)18-15)14(17)13-7-10-9-19-6-5-12(10)20-13/h7,11H,5-6,8-9H2,1-4H3. The lowest BCUT2D eigenvalue weighted by Crippen LogP contribution is -2.33. The number of ketones is 1. The first-order valence-electron chi connectivity index (χ1n) is 7.22. The average molecular weight is 310 g/mol. The molecule has 2 nitrogen and oxygen atoms in total. The zero-order valence-corrected chi connectivity index (χ0v) is 14.2. The van der Waals surface area contributed by atoms with Crippen LogP contribution < -0.4 is 0 Å². The molecule has 4 heteroatoms. The Morgan fingerprint density at radius 3 is 2.70 bits per heavy atom. The summed E-state index contributed by atoms with van der Waals surface area (Å²) in [4.78, 5) is 15.3. The van der Waals surface area contributed by atoms with Crippen molar-refractivity contribution < 1.29 is 9.53 Å². The minimum Gasteiger partial charge on any atom is -0.369 e. The molecule has 0 amide bonds. The molecule has 2 aliphatic rings. The molecule has 2 aliphatic heterocycles. The van der Waals surface area contributed by atoms with Gasteiger partial charge in [-0.3, -0.25) is 4.79 Å². The molecule has 1 saturated heterocycles. The van der Waals surface area contributed by atoms with Gasteiger partial charge in [0.25, 0.3) is 0 Å². The van der Waals surface area contributed by atoms with E-state index >= 15 is 0 Å². The van der Waals surface area contributed by atoms with E-state index in [0.29, 0.717) is 0 Å². The average Bonchev–Trinajstić information content (AvgIpc) is 2.85. The predicted molar refractivity (Wildman–Crippen MR) is 85.9 cm³/mol. The summed E-state index contributed by atoms with van der Waals surface area (Å²) in [7, 11) is 0. The van der Waals surface area contributed by atoms with Gasteiger partial charge in [0.1, 0.15) is 0 Å².